The fraction of sp³-hybridized carbons (Fsp3) is 0.300. The van der Waals surface area contributed by atoms with Crippen LogP contribution in [0, 0.1) is 0 Å². The van der Waals surface area contributed by atoms with Crippen molar-refractivity contribution in [3.05, 3.63) is 35.4 Å². The molecular formula is C10H14N2O2. The summed E-state index contributed by atoms with van der Waals surface area (Å²) in [6.07, 6.45) is -0.711. The molecule has 1 aromatic carbocycles. The van der Waals surface area contributed by atoms with Crippen molar-refractivity contribution in [3.8, 4) is 0 Å². The third-order valence-electron chi connectivity index (χ3n) is 2.03. The number of hydrogen-bond donors (Lipinski definition) is 3. The first-order chi connectivity index (χ1) is 6.52. The van der Waals surface area contributed by atoms with E-state index in [1.807, 2.05) is 0 Å². The number of nitrogens with two attached hydrogens (primary N) is 2. The molecule has 4 nitrogen and oxygen atoms in total. The number of carbonyl (C=O) groups is 1. The van der Waals surface area contributed by atoms with E-state index in [1.54, 1.807) is 31.2 Å². The maximum absolute atomic E-state index is 10.8. The highest BCUT2D eigenvalue weighted by Gasteiger charge is 2.12. The molecule has 1 rings (SSSR count). The van der Waals surface area contributed by atoms with Crippen molar-refractivity contribution >= 4 is 5.91 Å². The highest BCUT2D eigenvalue weighted by Crippen LogP contribution is 2.15. The smallest absolute Gasteiger partial charge is 0.248 e. The van der Waals surface area contributed by atoms with Crippen molar-refractivity contribution in [1.82, 2.24) is 0 Å². The van der Waals surface area contributed by atoms with Crippen molar-refractivity contribution in [2.24, 2.45) is 11.5 Å². The average Bonchev–Trinajstić information content (AvgIpc) is 2.16. The van der Waals surface area contributed by atoms with Gasteiger partial charge in [-0.2, -0.15) is 0 Å². The summed E-state index contributed by atoms with van der Waals surface area (Å²) in [6.45, 7) is 1.71. The van der Waals surface area contributed by atoms with Crippen molar-refractivity contribution in [2.75, 3.05) is 0 Å². The van der Waals surface area contributed by atoms with Crippen LogP contribution in [0.2, 0.25) is 0 Å². The molecule has 0 saturated heterocycles. The lowest BCUT2D eigenvalue weighted by molar-refractivity contribution is 0.1000. The third kappa shape index (κ3) is 2.31. The summed E-state index contributed by atoms with van der Waals surface area (Å²) in [5.74, 6) is -0.480. The van der Waals surface area contributed by atoms with Gasteiger partial charge in [-0.15, -0.1) is 0 Å². The summed E-state index contributed by atoms with van der Waals surface area (Å²) in [4.78, 5) is 10.8. The Hall–Kier alpha value is -1.39. The molecule has 0 fully saturated rings. The molecule has 0 aliphatic carbocycles. The minimum absolute atomic E-state index is 0.338. The lowest BCUT2D eigenvalue weighted by Gasteiger charge is -2.14. The largest absolute Gasteiger partial charge is 0.387 e. The van der Waals surface area contributed by atoms with Crippen LogP contribution in [-0.2, 0) is 0 Å². The van der Waals surface area contributed by atoms with Gasteiger partial charge in [0.15, 0.2) is 0 Å². The van der Waals surface area contributed by atoms with Gasteiger partial charge < -0.3 is 16.6 Å². The van der Waals surface area contributed by atoms with Crippen molar-refractivity contribution in [3.63, 3.8) is 0 Å². The number of aliphatic hydroxyl groups excluding tert-OH is 1. The molecule has 1 aromatic rings. The van der Waals surface area contributed by atoms with E-state index >= 15 is 0 Å². The molecule has 0 radical (unpaired) electrons. The minimum Gasteiger partial charge on any atom is -0.387 e. The zero-order valence-electron chi connectivity index (χ0n) is 7.97. The quantitative estimate of drug-likeness (QED) is 0.640. The summed E-state index contributed by atoms with van der Waals surface area (Å²) < 4.78 is 0. The zero-order chi connectivity index (χ0) is 10.7. The summed E-state index contributed by atoms with van der Waals surface area (Å²) in [5.41, 5.74) is 11.7. The lowest BCUT2D eigenvalue weighted by Crippen LogP contribution is -2.24. The van der Waals surface area contributed by atoms with E-state index in [1.165, 1.54) is 0 Å². The number of primary amides is 1. The monoisotopic (exact) mass is 194 g/mol. The predicted molar refractivity (Wildman–Crippen MR) is 53.6 cm³/mol. The SMILES string of the molecule is CC(N)C(O)c1ccc(C(N)=O)cc1. The van der Waals surface area contributed by atoms with Gasteiger partial charge in [0.25, 0.3) is 0 Å². The standard InChI is InChI=1S/C10H14N2O2/c1-6(11)9(13)7-2-4-8(5-3-7)10(12)14/h2-6,9,13H,11H2,1H3,(H2,12,14). The topological polar surface area (TPSA) is 89.3 Å². The van der Waals surface area contributed by atoms with Crippen LogP contribution in [0.1, 0.15) is 28.9 Å². The number of benzene rings is 1. The molecule has 14 heavy (non-hydrogen) atoms. The molecule has 0 heterocycles. The summed E-state index contributed by atoms with van der Waals surface area (Å²) in [5, 5.41) is 9.59. The van der Waals surface area contributed by atoms with Gasteiger partial charge in [-0.1, -0.05) is 12.1 Å². The molecule has 0 aromatic heterocycles. The Morgan fingerprint density at radius 3 is 2.21 bits per heavy atom. The fourth-order valence-corrected chi connectivity index (χ4v) is 1.15. The first-order valence-corrected chi connectivity index (χ1v) is 4.36. The highest BCUT2D eigenvalue weighted by molar-refractivity contribution is 5.92. The Kier molecular flexibility index (Phi) is 3.22. The van der Waals surface area contributed by atoms with Gasteiger partial charge in [-0.3, -0.25) is 4.79 Å². The minimum atomic E-state index is -0.711. The molecule has 1 amide bonds. The highest BCUT2D eigenvalue weighted by atomic mass is 16.3. The van der Waals surface area contributed by atoms with E-state index in [9.17, 15) is 9.90 Å². The van der Waals surface area contributed by atoms with Crippen LogP contribution in [0.15, 0.2) is 24.3 Å². The summed E-state index contributed by atoms with van der Waals surface area (Å²) >= 11 is 0. The maximum atomic E-state index is 10.8. The molecule has 0 spiro atoms. The third-order valence-corrected chi connectivity index (χ3v) is 2.03. The fourth-order valence-electron chi connectivity index (χ4n) is 1.15. The van der Waals surface area contributed by atoms with E-state index in [4.69, 9.17) is 11.5 Å². The van der Waals surface area contributed by atoms with E-state index in [0.29, 0.717) is 11.1 Å². The molecule has 2 unspecified atom stereocenters. The van der Waals surface area contributed by atoms with Crippen LogP contribution >= 0.6 is 0 Å². The van der Waals surface area contributed by atoms with Crippen LogP contribution in [0.25, 0.3) is 0 Å². The molecule has 0 aliphatic rings. The molecule has 0 aliphatic heterocycles. The normalized spacial score (nSPS) is 14.8. The summed E-state index contributed by atoms with van der Waals surface area (Å²) in [6, 6.07) is 6.10. The Bertz CT molecular complexity index is 319. The van der Waals surface area contributed by atoms with E-state index in [0.717, 1.165) is 0 Å². The molecule has 5 N–H and O–H groups in total. The number of carbonyl (C=O) groups excluding carboxylic acids is 1. The molecular weight excluding hydrogens is 180 g/mol. The van der Waals surface area contributed by atoms with Gasteiger partial charge >= 0.3 is 0 Å². The Morgan fingerprint density at radius 2 is 1.86 bits per heavy atom. The van der Waals surface area contributed by atoms with Crippen LogP contribution in [-0.4, -0.2) is 17.1 Å². The average molecular weight is 194 g/mol. The second-order valence-corrected chi connectivity index (χ2v) is 3.29. The number of aliphatic hydroxyl groups is 1. The number of amides is 1. The Morgan fingerprint density at radius 1 is 1.36 bits per heavy atom. The lowest BCUT2D eigenvalue weighted by atomic mass is 10.0. The Balaban J connectivity index is 2.88. The van der Waals surface area contributed by atoms with Gasteiger partial charge in [-0.05, 0) is 24.6 Å². The molecule has 2 atom stereocenters. The van der Waals surface area contributed by atoms with E-state index in [-0.39, 0.29) is 6.04 Å². The number of rotatable bonds is 3. The van der Waals surface area contributed by atoms with Crippen LogP contribution in [0.3, 0.4) is 0 Å². The second-order valence-electron chi connectivity index (χ2n) is 3.29. The predicted octanol–water partition coefficient (Wildman–Crippen LogP) is 0.166. The first kappa shape index (κ1) is 10.7. The second kappa shape index (κ2) is 4.21. The van der Waals surface area contributed by atoms with Gasteiger partial charge in [0.05, 0.1) is 6.10 Å². The zero-order valence-corrected chi connectivity index (χ0v) is 7.97. The van der Waals surface area contributed by atoms with Crippen molar-refractivity contribution < 1.29 is 9.90 Å². The molecule has 4 heteroatoms. The molecule has 0 bridgehead atoms. The van der Waals surface area contributed by atoms with Gasteiger partial charge in [0, 0.05) is 11.6 Å². The van der Waals surface area contributed by atoms with Crippen LogP contribution in [0.4, 0.5) is 0 Å². The van der Waals surface area contributed by atoms with Crippen LogP contribution in [0.5, 0.6) is 0 Å². The Labute approximate surface area is 82.5 Å². The maximum Gasteiger partial charge on any atom is 0.248 e. The van der Waals surface area contributed by atoms with Gasteiger partial charge in [-0.25, -0.2) is 0 Å². The van der Waals surface area contributed by atoms with Gasteiger partial charge in [0.2, 0.25) is 5.91 Å². The van der Waals surface area contributed by atoms with Crippen LogP contribution < -0.4 is 11.5 Å². The van der Waals surface area contributed by atoms with Gasteiger partial charge in [0.1, 0.15) is 0 Å². The summed E-state index contributed by atoms with van der Waals surface area (Å²) in [7, 11) is 0. The van der Waals surface area contributed by atoms with E-state index in [2.05, 4.69) is 0 Å². The first-order valence-electron chi connectivity index (χ1n) is 4.36. The molecule has 76 valence electrons. The molecule has 0 saturated carbocycles. The van der Waals surface area contributed by atoms with Crippen molar-refractivity contribution in [2.45, 2.75) is 19.1 Å². The van der Waals surface area contributed by atoms with E-state index < -0.39 is 12.0 Å². The van der Waals surface area contributed by atoms with Crippen molar-refractivity contribution in [1.29, 1.82) is 0 Å². The number of hydrogen-bond acceptors (Lipinski definition) is 3.